The maximum absolute atomic E-state index is 12.5. The van der Waals surface area contributed by atoms with Gasteiger partial charge in [-0.05, 0) is 47.1 Å². The first-order valence-corrected chi connectivity index (χ1v) is 9.39. The fourth-order valence-electron chi connectivity index (χ4n) is 2.97. The molecule has 0 radical (unpaired) electrons. The molecule has 1 rings (SSSR count). The van der Waals surface area contributed by atoms with Crippen molar-refractivity contribution in [3.05, 3.63) is 11.6 Å². The Balaban J connectivity index is 2.48. The standard InChI is InChI=1S/C19H33N3O4/c1-6-26-19(25)15(4)10-12-21(5)17(23)13-20-18(24)16-9-7-8-11-22(16)14(2)3/h10,14,16H,6-9,11-13H2,1-5H3,(H,20,24)/b15-10+. The summed E-state index contributed by atoms with van der Waals surface area (Å²) >= 11 is 0. The van der Waals surface area contributed by atoms with Crippen molar-refractivity contribution in [1.82, 2.24) is 15.1 Å². The van der Waals surface area contributed by atoms with Crippen LogP contribution in [0, 0.1) is 0 Å². The van der Waals surface area contributed by atoms with Gasteiger partial charge in [-0.25, -0.2) is 4.79 Å². The molecule has 0 aromatic heterocycles. The number of hydrogen-bond donors (Lipinski definition) is 1. The Morgan fingerprint density at radius 1 is 1.31 bits per heavy atom. The molecule has 0 spiro atoms. The predicted octanol–water partition coefficient (Wildman–Crippen LogP) is 1.33. The molecule has 1 fully saturated rings. The minimum Gasteiger partial charge on any atom is -0.463 e. The van der Waals surface area contributed by atoms with Gasteiger partial charge in [-0.1, -0.05) is 12.5 Å². The summed E-state index contributed by atoms with van der Waals surface area (Å²) in [6.45, 7) is 9.06. The average Bonchev–Trinajstić information content (AvgIpc) is 2.63. The first-order valence-electron chi connectivity index (χ1n) is 9.39. The molecule has 1 N–H and O–H groups in total. The zero-order chi connectivity index (χ0) is 19.7. The molecule has 0 aromatic rings. The van der Waals surface area contributed by atoms with E-state index in [4.69, 9.17) is 4.74 Å². The van der Waals surface area contributed by atoms with Crippen molar-refractivity contribution < 1.29 is 19.1 Å². The van der Waals surface area contributed by atoms with Crippen molar-refractivity contribution in [1.29, 1.82) is 0 Å². The topological polar surface area (TPSA) is 79.0 Å². The number of rotatable bonds is 8. The number of esters is 1. The molecule has 148 valence electrons. The molecule has 7 heteroatoms. The number of nitrogens with zero attached hydrogens (tertiary/aromatic N) is 2. The van der Waals surface area contributed by atoms with E-state index in [1.165, 1.54) is 4.90 Å². The van der Waals surface area contributed by atoms with Crippen LogP contribution in [0.4, 0.5) is 0 Å². The lowest BCUT2D eigenvalue weighted by molar-refractivity contribution is -0.138. The first-order chi connectivity index (χ1) is 12.3. The zero-order valence-corrected chi connectivity index (χ0v) is 16.7. The van der Waals surface area contributed by atoms with Crippen molar-refractivity contribution >= 4 is 17.8 Å². The van der Waals surface area contributed by atoms with Crippen LogP contribution in [0.2, 0.25) is 0 Å². The molecule has 1 aliphatic rings. The van der Waals surface area contributed by atoms with E-state index in [9.17, 15) is 14.4 Å². The number of likely N-dealkylation sites (tertiary alicyclic amines) is 1. The second-order valence-electron chi connectivity index (χ2n) is 6.94. The molecule has 26 heavy (non-hydrogen) atoms. The molecule has 0 aliphatic carbocycles. The van der Waals surface area contributed by atoms with E-state index < -0.39 is 0 Å². The zero-order valence-electron chi connectivity index (χ0n) is 16.7. The summed E-state index contributed by atoms with van der Waals surface area (Å²) in [5.74, 6) is -0.663. The van der Waals surface area contributed by atoms with Gasteiger partial charge in [-0.2, -0.15) is 0 Å². The highest BCUT2D eigenvalue weighted by atomic mass is 16.5. The maximum atomic E-state index is 12.5. The summed E-state index contributed by atoms with van der Waals surface area (Å²) in [5, 5.41) is 2.76. The quantitative estimate of drug-likeness (QED) is 0.517. The number of nitrogens with one attached hydrogen (secondary N) is 1. The Bertz CT molecular complexity index is 531. The van der Waals surface area contributed by atoms with Crippen LogP contribution in [0.1, 0.15) is 47.0 Å². The van der Waals surface area contributed by atoms with Crippen LogP contribution in [-0.2, 0) is 19.1 Å². The number of carbonyl (C=O) groups excluding carboxylic acids is 3. The van der Waals surface area contributed by atoms with Gasteiger partial charge in [0.1, 0.15) is 0 Å². The molecule has 0 aromatic carbocycles. The minimum atomic E-state index is -0.382. The maximum Gasteiger partial charge on any atom is 0.333 e. The van der Waals surface area contributed by atoms with Crippen LogP contribution in [-0.4, -0.2) is 73.0 Å². The van der Waals surface area contributed by atoms with Gasteiger partial charge in [0.15, 0.2) is 0 Å². The Morgan fingerprint density at radius 2 is 2.00 bits per heavy atom. The van der Waals surface area contributed by atoms with Gasteiger partial charge >= 0.3 is 5.97 Å². The Labute approximate surface area is 156 Å². The summed E-state index contributed by atoms with van der Waals surface area (Å²) in [4.78, 5) is 39.9. The molecular weight excluding hydrogens is 334 g/mol. The number of ether oxygens (including phenoxy) is 1. The molecule has 0 saturated carbocycles. The van der Waals surface area contributed by atoms with Crippen molar-refractivity contribution in [2.45, 2.75) is 59.0 Å². The van der Waals surface area contributed by atoms with Crippen molar-refractivity contribution in [3.63, 3.8) is 0 Å². The molecule has 1 aliphatic heterocycles. The molecule has 1 unspecified atom stereocenters. The van der Waals surface area contributed by atoms with Crippen LogP contribution >= 0.6 is 0 Å². The average molecular weight is 367 g/mol. The van der Waals surface area contributed by atoms with E-state index in [0.29, 0.717) is 24.8 Å². The molecular formula is C19H33N3O4. The molecule has 1 atom stereocenters. The SMILES string of the molecule is CCOC(=O)/C(C)=C/CN(C)C(=O)CNC(=O)C1CCCCN1C(C)C. The van der Waals surface area contributed by atoms with Crippen molar-refractivity contribution in [2.75, 3.05) is 33.3 Å². The van der Waals surface area contributed by atoms with Gasteiger partial charge in [0.25, 0.3) is 0 Å². The van der Waals surface area contributed by atoms with Gasteiger partial charge in [-0.3, -0.25) is 14.5 Å². The van der Waals surface area contributed by atoms with Crippen molar-refractivity contribution in [3.8, 4) is 0 Å². The lowest BCUT2D eigenvalue weighted by Crippen LogP contribution is -2.53. The minimum absolute atomic E-state index is 0.0376. The van der Waals surface area contributed by atoms with E-state index in [-0.39, 0.29) is 30.4 Å². The highest BCUT2D eigenvalue weighted by Gasteiger charge is 2.30. The molecule has 7 nitrogen and oxygen atoms in total. The lowest BCUT2D eigenvalue weighted by atomic mass is 9.99. The van der Waals surface area contributed by atoms with E-state index >= 15 is 0 Å². The highest BCUT2D eigenvalue weighted by molar-refractivity contribution is 5.88. The van der Waals surface area contributed by atoms with Gasteiger partial charge in [0.05, 0.1) is 19.2 Å². The van der Waals surface area contributed by atoms with Crippen LogP contribution < -0.4 is 5.32 Å². The monoisotopic (exact) mass is 367 g/mol. The van der Waals surface area contributed by atoms with Crippen LogP contribution in [0.15, 0.2) is 11.6 Å². The lowest BCUT2D eigenvalue weighted by Gasteiger charge is -2.37. The summed E-state index contributed by atoms with van der Waals surface area (Å²) < 4.78 is 4.90. The first kappa shape index (κ1) is 22.2. The van der Waals surface area contributed by atoms with E-state index in [0.717, 1.165) is 25.8 Å². The third kappa shape index (κ3) is 6.78. The van der Waals surface area contributed by atoms with Crippen LogP contribution in [0.25, 0.3) is 0 Å². The fraction of sp³-hybridized carbons (Fsp3) is 0.737. The van der Waals surface area contributed by atoms with Gasteiger partial charge < -0.3 is 15.0 Å². The van der Waals surface area contributed by atoms with Gasteiger partial charge in [0, 0.05) is 25.2 Å². The normalized spacial score (nSPS) is 18.5. The van der Waals surface area contributed by atoms with E-state index in [1.54, 1.807) is 27.0 Å². The summed E-state index contributed by atoms with van der Waals surface area (Å²) in [5.41, 5.74) is 0.463. The predicted molar refractivity (Wildman–Crippen MR) is 101 cm³/mol. The van der Waals surface area contributed by atoms with Gasteiger partial charge in [-0.15, -0.1) is 0 Å². The molecule has 1 saturated heterocycles. The Kier molecular flexibility index (Phi) is 9.34. The summed E-state index contributed by atoms with van der Waals surface area (Å²) in [6.07, 6.45) is 4.62. The summed E-state index contributed by atoms with van der Waals surface area (Å²) in [7, 11) is 1.64. The second kappa shape index (κ2) is 11.0. The fourth-order valence-corrected chi connectivity index (χ4v) is 2.97. The van der Waals surface area contributed by atoms with Crippen LogP contribution in [0.5, 0.6) is 0 Å². The number of piperidine rings is 1. The number of likely N-dealkylation sites (N-methyl/N-ethyl adjacent to an activating group) is 1. The largest absolute Gasteiger partial charge is 0.463 e. The smallest absolute Gasteiger partial charge is 0.333 e. The number of hydrogen-bond acceptors (Lipinski definition) is 5. The van der Waals surface area contributed by atoms with Gasteiger partial charge in [0.2, 0.25) is 11.8 Å². The van der Waals surface area contributed by atoms with Crippen LogP contribution in [0.3, 0.4) is 0 Å². The third-order valence-corrected chi connectivity index (χ3v) is 4.62. The number of carbonyl (C=O) groups is 3. The number of amides is 2. The Morgan fingerprint density at radius 3 is 2.62 bits per heavy atom. The Hall–Kier alpha value is -1.89. The molecule has 2 amide bonds. The third-order valence-electron chi connectivity index (χ3n) is 4.62. The van der Waals surface area contributed by atoms with E-state index in [1.807, 2.05) is 0 Å². The van der Waals surface area contributed by atoms with E-state index in [2.05, 4.69) is 24.1 Å². The highest BCUT2D eigenvalue weighted by Crippen LogP contribution is 2.19. The van der Waals surface area contributed by atoms with Crippen molar-refractivity contribution in [2.24, 2.45) is 0 Å². The molecule has 0 bridgehead atoms. The molecule has 1 heterocycles. The second-order valence-corrected chi connectivity index (χ2v) is 6.94. The summed E-state index contributed by atoms with van der Waals surface area (Å²) in [6, 6.07) is 0.147.